The van der Waals surface area contributed by atoms with Gasteiger partial charge in [-0.3, -0.25) is 10.1 Å². The molecule has 1 aromatic heterocycles. The molecule has 1 rings (SSSR count). The van der Waals surface area contributed by atoms with E-state index in [1.54, 1.807) is 0 Å². The second-order valence-corrected chi connectivity index (χ2v) is 4.56. The third-order valence-corrected chi connectivity index (χ3v) is 2.63. The van der Waals surface area contributed by atoms with Crippen molar-refractivity contribution in [1.82, 2.24) is 9.88 Å². The van der Waals surface area contributed by atoms with Crippen LogP contribution in [0.1, 0.15) is 6.42 Å². The molecule has 8 nitrogen and oxygen atoms in total. The molecule has 1 N–H and O–H groups in total. The Bertz CT molecular complexity index is 482. The summed E-state index contributed by atoms with van der Waals surface area (Å²) in [7, 11) is 1.43. The first-order valence-corrected chi connectivity index (χ1v) is 6.08. The van der Waals surface area contributed by atoms with E-state index >= 15 is 0 Å². The van der Waals surface area contributed by atoms with Gasteiger partial charge in [-0.1, -0.05) is 0 Å². The lowest BCUT2D eigenvalue weighted by molar-refractivity contribution is -0.386. The van der Waals surface area contributed by atoms with Crippen molar-refractivity contribution in [1.29, 1.82) is 0 Å². The highest BCUT2D eigenvalue weighted by atomic mass is 79.9. The molecule has 0 unspecified atom stereocenters. The minimum Gasteiger partial charge on any atom is -0.473 e. The fourth-order valence-electron chi connectivity index (χ4n) is 1.22. The standard InChI is InChI=1S/C10H12BrN3O5/c1-13(10(15)16)3-2-4-19-9-8(14(17)18)5-7(11)6-12-9/h5-6H,2-4H2,1H3,(H,15,16). The van der Waals surface area contributed by atoms with Gasteiger partial charge in [0.05, 0.1) is 11.5 Å². The molecule has 9 heteroatoms. The van der Waals surface area contributed by atoms with Crippen LogP contribution in [0.3, 0.4) is 0 Å². The van der Waals surface area contributed by atoms with Gasteiger partial charge < -0.3 is 14.7 Å². The molecule has 0 aromatic carbocycles. The minimum absolute atomic E-state index is 0.0776. The van der Waals surface area contributed by atoms with Crippen LogP contribution in [-0.2, 0) is 0 Å². The molecule has 0 aliphatic carbocycles. The topological polar surface area (TPSA) is 106 Å². The van der Waals surface area contributed by atoms with Crippen molar-refractivity contribution in [3.63, 3.8) is 0 Å². The number of carbonyl (C=O) groups is 1. The van der Waals surface area contributed by atoms with E-state index in [9.17, 15) is 14.9 Å². The molecular weight excluding hydrogens is 322 g/mol. The maximum Gasteiger partial charge on any atom is 0.407 e. The fourth-order valence-corrected chi connectivity index (χ4v) is 1.54. The van der Waals surface area contributed by atoms with Crippen LogP contribution in [0.4, 0.5) is 10.5 Å². The van der Waals surface area contributed by atoms with Crippen LogP contribution in [0.5, 0.6) is 5.88 Å². The van der Waals surface area contributed by atoms with E-state index in [2.05, 4.69) is 20.9 Å². The van der Waals surface area contributed by atoms with Gasteiger partial charge in [0.1, 0.15) is 0 Å². The lowest BCUT2D eigenvalue weighted by Crippen LogP contribution is -2.26. The maximum absolute atomic E-state index is 10.8. The van der Waals surface area contributed by atoms with Crippen molar-refractivity contribution in [2.75, 3.05) is 20.2 Å². The molecule has 0 aliphatic heterocycles. The number of hydrogen-bond acceptors (Lipinski definition) is 5. The van der Waals surface area contributed by atoms with Gasteiger partial charge >= 0.3 is 11.8 Å². The normalized spacial score (nSPS) is 10.0. The average Bonchev–Trinajstić information content (AvgIpc) is 2.35. The van der Waals surface area contributed by atoms with Gasteiger partial charge in [0.2, 0.25) is 0 Å². The van der Waals surface area contributed by atoms with E-state index in [1.165, 1.54) is 19.3 Å². The summed E-state index contributed by atoms with van der Waals surface area (Å²) in [6, 6.07) is 1.30. The van der Waals surface area contributed by atoms with Crippen LogP contribution in [0.15, 0.2) is 16.7 Å². The van der Waals surface area contributed by atoms with Gasteiger partial charge in [-0.25, -0.2) is 9.78 Å². The first kappa shape index (κ1) is 15.2. The highest BCUT2D eigenvalue weighted by Gasteiger charge is 2.17. The summed E-state index contributed by atoms with van der Waals surface area (Å²) in [6.45, 7) is 0.423. The zero-order valence-electron chi connectivity index (χ0n) is 10.1. The van der Waals surface area contributed by atoms with E-state index in [4.69, 9.17) is 9.84 Å². The molecule has 0 aliphatic rings. The molecule has 0 radical (unpaired) electrons. The van der Waals surface area contributed by atoms with Crippen LogP contribution in [0.25, 0.3) is 0 Å². The van der Waals surface area contributed by atoms with Gasteiger partial charge in [0, 0.05) is 30.3 Å². The SMILES string of the molecule is CN(CCCOc1ncc(Br)cc1[N+](=O)[O-])C(=O)O. The van der Waals surface area contributed by atoms with E-state index in [1.807, 2.05) is 0 Å². The van der Waals surface area contributed by atoms with Crippen LogP contribution >= 0.6 is 15.9 Å². The Hall–Kier alpha value is -1.90. The summed E-state index contributed by atoms with van der Waals surface area (Å²) in [5.74, 6) is -0.0776. The van der Waals surface area contributed by atoms with Gasteiger partial charge in [0.25, 0.3) is 5.88 Å². The number of ether oxygens (including phenoxy) is 1. The molecule has 1 amide bonds. The molecule has 1 heterocycles. The number of rotatable bonds is 6. The Balaban J connectivity index is 2.54. The van der Waals surface area contributed by atoms with Gasteiger partial charge in [-0.2, -0.15) is 0 Å². The summed E-state index contributed by atoms with van der Waals surface area (Å²) in [5.41, 5.74) is -0.235. The molecule has 1 aromatic rings. The molecule has 0 fully saturated rings. The fraction of sp³-hybridized carbons (Fsp3) is 0.400. The van der Waals surface area contributed by atoms with Gasteiger partial charge in [0.15, 0.2) is 0 Å². The van der Waals surface area contributed by atoms with Crippen LogP contribution < -0.4 is 4.74 Å². The van der Waals surface area contributed by atoms with Crippen molar-refractivity contribution < 1.29 is 19.6 Å². The van der Waals surface area contributed by atoms with E-state index in [0.717, 1.165) is 4.90 Å². The number of aromatic nitrogens is 1. The largest absolute Gasteiger partial charge is 0.473 e. The van der Waals surface area contributed by atoms with Crippen molar-refractivity contribution in [3.05, 3.63) is 26.9 Å². The molecule has 104 valence electrons. The highest BCUT2D eigenvalue weighted by Crippen LogP contribution is 2.27. The zero-order valence-corrected chi connectivity index (χ0v) is 11.7. The Morgan fingerprint density at radius 3 is 2.95 bits per heavy atom. The second kappa shape index (κ2) is 6.88. The molecule has 0 saturated carbocycles. The first-order valence-electron chi connectivity index (χ1n) is 5.28. The number of amides is 1. The number of hydrogen-bond donors (Lipinski definition) is 1. The Kier molecular flexibility index (Phi) is 5.49. The maximum atomic E-state index is 10.8. The Morgan fingerprint density at radius 2 is 2.37 bits per heavy atom. The predicted octanol–water partition coefficient (Wildman–Crippen LogP) is 2.13. The second-order valence-electron chi connectivity index (χ2n) is 3.64. The monoisotopic (exact) mass is 333 g/mol. The quantitative estimate of drug-likeness (QED) is 0.485. The Morgan fingerprint density at radius 1 is 1.68 bits per heavy atom. The van der Waals surface area contributed by atoms with Crippen LogP contribution in [0, 0.1) is 10.1 Å². The number of nitro groups is 1. The van der Waals surface area contributed by atoms with Gasteiger partial charge in [-0.15, -0.1) is 0 Å². The highest BCUT2D eigenvalue weighted by molar-refractivity contribution is 9.10. The number of halogens is 1. The summed E-state index contributed by atoms with van der Waals surface area (Å²) in [5, 5.41) is 19.4. The summed E-state index contributed by atoms with van der Waals surface area (Å²) >= 11 is 3.09. The van der Waals surface area contributed by atoms with E-state index < -0.39 is 11.0 Å². The van der Waals surface area contributed by atoms with Crippen molar-refractivity contribution in [2.45, 2.75) is 6.42 Å². The number of carboxylic acid groups (broad SMARTS) is 1. The summed E-state index contributed by atoms with van der Waals surface area (Å²) < 4.78 is 5.67. The molecular formula is C10H12BrN3O5. The van der Waals surface area contributed by atoms with Crippen molar-refractivity contribution >= 4 is 27.7 Å². The molecule has 0 saturated heterocycles. The first-order chi connectivity index (χ1) is 8.91. The van der Waals surface area contributed by atoms with Gasteiger partial charge in [-0.05, 0) is 22.4 Å². The van der Waals surface area contributed by atoms with Crippen LogP contribution in [-0.4, -0.2) is 46.2 Å². The lowest BCUT2D eigenvalue weighted by atomic mass is 10.4. The van der Waals surface area contributed by atoms with Crippen molar-refractivity contribution in [2.24, 2.45) is 0 Å². The number of pyridine rings is 1. The average molecular weight is 334 g/mol. The third kappa shape index (κ3) is 4.70. The predicted molar refractivity (Wildman–Crippen MR) is 69.4 cm³/mol. The smallest absolute Gasteiger partial charge is 0.407 e. The van der Waals surface area contributed by atoms with Crippen molar-refractivity contribution in [3.8, 4) is 5.88 Å². The molecule has 0 spiro atoms. The number of nitrogens with zero attached hydrogens (tertiary/aromatic N) is 3. The lowest BCUT2D eigenvalue weighted by Gasteiger charge is -2.12. The van der Waals surface area contributed by atoms with Crippen LogP contribution in [0.2, 0.25) is 0 Å². The molecule has 0 atom stereocenters. The Labute approximate surface area is 117 Å². The van der Waals surface area contributed by atoms with E-state index in [-0.39, 0.29) is 24.7 Å². The molecule has 0 bridgehead atoms. The zero-order chi connectivity index (χ0) is 14.4. The third-order valence-electron chi connectivity index (χ3n) is 2.20. The minimum atomic E-state index is -1.03. The summed E-state index contributed by atoms with van der Waals surface area (Å²) in [4.78, 5) is 25.6. The summed E-state index contributed by atoms with van der Waals surface area (Å²) in [6.07, 6.45) is 0.774. The molecule has 19 heavy (non-hydrogen) atoms. The van der Waals surface area contributed by atoms with E-state index in [0.29, 0.717) is 10.9 Å².